The molecule has 20 heavy (non-hydrogen) atoms. The van der Waals surface area contributed by atoms with Crippen LogP contribution in [-0.4, -0.2) is 21.0 Å². The van der Waals surface area contributed by atoms with Crippen LogP contribution >= 0.6 is 0 Å². The second-order valence-electron chi connectivity index (χ2n) is 4.86. The van der Waals surface area contributed by atoms with Gasteiger partial charge in [-0.3, -0.25) is 0 Å². The van der Waals surface area contributed by atoms with E-state index >= 15 is 0 Å². The van der Waals surface area contributed by atoms with Crippen molar-refractivity contribution in [3.63, 3.8) is 0 Å². The van der Waals surface area contributed by atoms with E-state index in [1.165, 1.54) is 0 Å². The quantitative estimate of drug-likeness (QED) is 0.637. The number of pyridine rings is 1. The molecule has 4 N–H and O–H groups in total. The van der Waals surface area contributed by atoms with Gasteiger partial charge < -0.3 is 15.8 Å². The number of anilines is 1. The molecule has 0 aliphatic rings. The lowest BCUT2D eigenvalue weighted by molar-refractivity contribution is 0.0689. The van der Waals surface area contributed by atoms with Gasteiger partial charge in [-0.25, -0.2) is 9.78 Å². The number of carboxylic acid groups (broad SMARTS) is 1. The molecule has 0 fully saturated rings. The Balaban J connectivity index is 2.46. The third-order valence-corrected chi connectivity index (χ3v) is 3.46. The lowest BCUT2D eigenvalue weighted by atomic mass is 10.0. The number of nitrogens with one attached hydrogen (secondary N) is 1. The third-order valence-electron chi connectivity index (χ3n) is 3.46. The average Bonchev–Trinajstić information content (AvgIpc) is 2.77. The van der Waals surface area contributed by atoms with Gasteiger partial charge in [-0.05, 0) is 30.2 Å². The van der Waals surface area contributed by atoms with E-state index in [-0.39, 0.29) is 5.69 Å². The van der Waals surface area contributed by atoms with Crippen LogP contribution in [0.5, 0.6) is 0 Å². The summed E-state index contributed by atoms with van der Waals surface area (Å²) in [5.74, 6) is -0.992. The number of fused-ring (bicyclic) bond motifs is 3. The molecule has 0 saturated heterocycles. The molecule has 0 unspecified atom stereocenters. The molecule has 0 saturated carbocycles. The second kappa shape index (κ2) is 4.52. The van der Waals surface area contributed by atoms with Crippen molar-refractivity contribution in [2.45, 2.75) is 19.8 Å². The predicted molar refractivity (Wildman–Crippen MR) is 79.0 cm³/mol. The van der Waals surface area contributed by atoms with Crippen molar-refractivity contribution < 1.29 is 9.90 Å². The van der Waals surface area contributed by atoms with Gasteiger partial charge in [0.15, 0.2) is 5.69 Å². The van der Waals surface area contributed by atoms with E-state index < -0.39 is 5.97 Å². The first-order valence-electron chi connectivity index (χ1n) is 6.54. The van der Waals surface area contributed by atoms with E-state index in [1.54, 1.807) is 6.20 Å². The number of benzene rings is 1. The molecular weight excluding hydrogens is 254 g/mol. The molecule has 1 aromatic carbocycles. The molecule has 5 heteroatoms. The molecule has 0 radical (unpaired) electrons. The van der Waals surface area contributed by atoms with Crippen molar-refractivity contribution in [3.8, 4) is 0 Å². The van der Waals surface area contributed by atoms with Crippen LogP contribution in [0.15, 0.2) is 24.4 Å². The number of carbonyl (C=O) groups is 1. The van der Waals surface area contributed by atoms with Gasteiger partial charge in [0.05, 0.1) is 11.7 Å². The Kier molecular flexibility index (Phi) is 2.82. The molecule has 0 spiro atoms. The van der Waals surface area contributed by atoms with Gasteiger partial charge in [-0.2, -0.15) is 0 Å². The van der Waals surface area contributed by atoms with Crippen LogP contribution in [0.4, 0.5) is 5.69 Å². The van der Waals surface area contributed by atoms with Crippen molar-refractivity contribution in [1.82, 2.24) is 9.97 Å². The van der Waals surface area contributed by atoms with Crippen LogP contribution in [0.3, 0.4) is 0 Å². The number of H-pyrrole nitrogens is 1. The van der Waals surface area contributed by atoms with Crippen LogP contribution in [0.2, 0.25) is 0 Å². The van der Waals surface area contributed by atoms with E-state index in [4.69, 9.17) is 5.73 Å². The normalized spacial score (nSPS) is 11.2. The average molecular weight is 269 g/mol. The minimum Gasteiger partial charge on any atom is -0.477 e. The molecule has 0 aliphatic carbocycles. The Morgan fingerprint density at radius 1 is 1.40 bits per heavy atom. The molecule has 2 heterocycles. The van der Waals surface area contributed by atoms with Crippen LogP contribution < -0.4 is 5.73 Å². The van der Waals surface area contributed by atoms with Crippen LogP contribution in [-0.2, 0) is 6.42 Å². The topological polar surface area (TPSA) is 92.0 Å². The number of aryl methyl sites for hydroxylation is 1. The number of aromatic carboxylic acids is 1. The first-order valence-corrected chi connectivity index (χ1v) is 6.54. The van der Waals surface area contributed by atoms with E-state index in [1.807, 2.05) is 25.1 Å². The van der Waals surface area contributed by atoms with Crippen molar-refractivity contribution >= 4 is 33.5 Å². The fourth-order valence-corrected chi connectivity index (χ4v) is 2.66. The SMILES string of the molecule is CCCc1c(C(=O)O)ncc2[nH]c3ccc(N)cc3c12. The standard InChI is InChI=1S/C15H15N3O2/c1-2-3-9-13-10-6-8(16)4-5-11(10)18-12(13)7-17-14(9)15(19)20/h4-7,18H,2-3,16H2,1H3,(H,19,20). The number of rotatable bonds is 3. The van der Waals surface area contributed by atoms with Crippen molar-refractivity contribution in [2.75, 3.05) is 5.73 Å². The summed E-state index contributed by atoms with van der Waals surface area (Å²) in [5, 5.41) is 11.2. The largest absolute Gasteiger partial charge is 0.477 e. The second-order valence-corrected chi connectivity index (χ2v) is 4.86. The zero-order chi connectivity index (χ0) is 14.3. The summed E-state index contributed by atoms with van der Waals surface area (Å²) in [6, 6.07) is 5.60. The summed E-state index contributed by atoms with van der Waals surface area (Å²) in [6.07, 6.45) is 3.11. The summed E-state index contributed by atoms with van der Waals surface area (Å²) in [7, 11) is 0. The maximum Gasteiger partial charge on any atom is 0.354 e. The number of aromatic nitrogens is 2. The molecule has 2 aromatic heterocycles. The highest BCUT2D eigenvalue weighted by molar-refractivity contribution is 6.11. The van der Waals surface area contributed by atoms with Gasteiger partial charge in [0, 0.05) is 22.0 Å². The molecule has 102 valence electrons. The molecule has 0 bridgehead atoms. The summed E-state index contributed by atoms with van der Waals surface area (Å²) in [6.45, 7) is 2.02. The van der Waals surface area contributed by atoms with E-state index in [2.05, 4.69) is 9.97 Å². The van der Waals surface area contributed by atoms with Gasteiger partial charge in [-0.1, -0.05) is 13.3 Å². The lowest BCUT2D eigenvalue weighted by Gasteiger charge is -2.06. The molecule has 0 atom stereocenters. The minimum atomic E-state index is -0.992. The third kappa shape index (κ3) is 1.79. The zero-order valence-electron chi connectivity index (χ0n) is 11.1. The molecular formula is C15H15N3O2. The summed E-state index contributed by atoms with van der Waals surface area (Å²) in [4.78, 5) is 18.7. The van der Waals surface area contributed by atoms with Crippen molar-refractivity contribution in [3.05, 3.63) is 35.7 Å². The number of nitrogen functional groups attached to an aromatic ring is 1. The molecule has 3 aromatic rings. The molecule has 0 amide bonds. The first kappa shape index (κ1) is 12.5. The Morgan fingerprint density at radius 2 is 2.20 bits per heavy atom. The Bertz CT molecular complexity index is 821. The first-order chi connectivity index (χ1) is 9.61. The predicted octanol–water partition coefficient (Wildman–Crippen LogP) is 2.95. The highest BCUT2D eigenvalue weighted by Gasteiger charge is 2.17. The Labute approximate surface area is 115 Å². The number of hydrogen-bond donors (Lipinski definition) is 3. The highest BCUT2D eigenvalue weighted by Crippen LogP contribution is 2.31. The fourth-order valence-electron chi connectivity index (χ4n) is 2.66. The zero-order valence-corrected chi connectivity index (χ0v) is 11.1. The number of hydrogen-bond acceptors (Lipinski definition) is 3. The Morgan fingerprint density at radius 3 is 2.90 bits per heavy atom. The van der Waals surface area contributed by atoms with Crippen molar-refractivity contribution in [2.24, 2.45) is 0 Å². The van der Waals surface area contributed by atoms with Gasteiger partial charge in [0.1, 0.15) is 0 Å². The maximum atomic E-state index is 11.4. The summed E-state index contributed by atoms with van der Waals surface area (Å²) in [5.41, 5.74) is 9.20. The van der Waals surface area contributed by atoms with E-state index in [0.717, 1.165) is 33.8 Å². The van der Waals surface area contributed by atoms with E-state index in [9.17, 15) is 9.90 Å². The summed E-state index contributed by atoms with van der Waals surface area (Å²) < 4.78 is 0. The molecule has 5 nitrogen and oxygen atoms in total. The monoisotopic (exact) mass is 269 g/mol. The van der Waals surface area contributed by atoms with Crippen LogP contribution in [0.25, 0.3) is 21.8 Å². The fraction of sp³-hybridized carbons (Fsp3) is 0.200. The number of carboxylic acids is 1. The van der Waals surface area contributed by atoms with Gasteiger partial charge in [0.25, 0.3) is 0 Å². The highest BCUT2D eigenvalue weighted by atomic mass is 16.4. The molecule has 3 rings (SSSR count). The van der Waals surface area contributed by atoms with Gasteiger partial charge >= 0.3 is 5.97 Å². The smallest absolute Gasteiger partial charge is 0.354 e. The number of nitrogens with zero attached hydrogens (tertiary/aromatic N) is 1. The molecule has 0 aliphatic heterocycles. The lowest BCUT2D eigenvalue weighted by Crippen LogP contribution is -2.06. The van der Waals surface area contributed by atoms with E-state index in [0.29, 0.717) is 12.1 Å². The summed E-state index contributed by atoms with van der Waals surface area (Å²) >= 11 is 0. The Hall–Kier alpha value is -2.56. The maximum absolute atomic E-state index is 11.4. The van der Waals surface area contributed by atoms with Crippen LogP contribution in [0.1, 0.15) is 29.4 Å². The van der Waals surface area contributed by atoms with Crippen LogP contribution in [0, 0.1) is 0 Å². The minimum absolute atomic E-state index is 0.127. The van der Waals surface area contributed by atoms with Gasteiger partial charge in [-0.15, -0.1) is 0 Å². The van der Waals surface area contributed by atoms with Gasteiger partial charge in [0.2, 0.25) is 0 Å². The number of aromatic amines is 1. The number of nitrogens with two attached hydrogens (primary N) is 1. The van der Waals surface area contributed by atoms with Crippen molar-refractivity contribution in [1.29, 1.82) is 0 Å².